The van der Waals surface area contributed by atoms with Crippen molar-refractivity contribution in [2.75, 3.05) is 10.6 Å². The molecule has 0 aliphatic carbocycles. The summed E-state index contributed by atoms with van der Waals surface area (Å²) in [5, 5.41) is 9.32. The van der Waals surface area contributed by atoms with E-state index in [1.54, 1.807) is 18.2 Å². The van der Waals surface area contributed by atoms with Gasteiger partial charge in [-0.15, -0.1) is 0 Å². The molecule has 1 heterocycles. The highest BCUT2D eigenvalue weighted by Crippen LogP contribution is 2.32. The average molecular weight is 496 g/mol. The molecule has 0 aliphatic heterocycles. The monoisotopic (exact) mass is 495 g/mol. The molecule has 0 saturated heterocycles. The van der Waals surface area contributed by atoms with Crippen LogP contribution in [-0.2, 0) is 4.79 Å². The number of pyridine rings is 1. The molecule has 0 spiro atoms. The van der Waals surface area contributed by atoms with Crippen molar-refractivity contribution in [1.29, 1.82) is 0 Å². The van der Waals surface area contributed by atoms with E-state index >= 15 is 0 Å². The van der Waals surface area contributed by atoms with Crippen molar-refractivity contribution >= 4 is 47.3 Å². The number of benzene rings is 3. The second kappa shape index (κ2) is 11.3. The third-order valence-electron chi connectivity index (χ3n) is 5.37. The Morgan fingerprint density at radius 1 is 0.667 bits per heavy atom. The quantitative estimate of drug-likeness (QED) is 0.334. The standard InChI is InChI=1S/C30H30N3O2P/c1-30(2,3)21-28(34)32-26-15-10-16-27(31-26)33-29(35)22-17-19-25(20-18-22)36(23-11-6-4-7-12-23)24-13-8-5-9-14-24/h4-20H,21H2,1-3H3,(H2,31,32,33,34,35). The molecule has 182 valence electrons. The van der Waals surface area contributed by atoms with Crippen molar-refractivity contribution in [2.24, 2.45) is 5.41 Å². The normalized spacial score (nSPS) is 11.2. The zero-order valence-corrected chi connectivity index (χ0v) is 21.6. The van der Waals surface area contributed by atoms with E-state index in [0.717, 1.165) is 0 Å². The van der Waals surface area contributed by atoms with Gasteiger partial charge in [-0.25, -0.2) is 4.98 Å². The molecule has 0 unspecified atom stereocenters. The summed E-state index contributed by atoms with van der Waals surface area (Å²) in [6.07, 6.45) is 0.381. The van der Waals surface area contributed by atoms with Crippen LogP contribution in [-0.4, -0.2) is 16.8 Å². The van der Waals surface area contributed by atoms with Crippen LogP contribution in [0.15, 0.2) is 103 Å². The lowest BCUT2D eigenvalue weighted by atomic mass is 9.92. The Bertz CT molecular complexity index is 1280. The van der Waals surface area contributed by atoms with E-state index in [1.165, 1.54) is 15.9 Å². The first kappa shape index (κ1) is 25.3. The molecule has 0 bridgehead atoms. The summed E-state index contributed by atoms with van der Waals surface area (Å²) >= 11 is 0. The van der Waals surface area contributed by atoms with Crippen LogP contribution >= 0.6 is 7.92 Å². The first-order valence-electron chi connectivity index (χ1n) is 11.9. The summed E-state index contributed by atoms with van der Waals surface area (Å²) in [4.78, 5) is 29.5. The Labute approximate surface area is 213 Å². The first-order chi connectivity index (χ1) is 17.3. The van der Waals surface area contributed by atoms with Crippen molar-refractivity contribution in [3.05, 3.63) is 109 Å². The predicted octanol–water partition coefficient (Wildman–Crippen LogP) is 5.47. The summed E-state index contributed by atoms with van der Waals surface area (Å²) in [7, 11) is -0.733. The highest BCUT2D eigenvalue weighted by Gasteiger charge is 2.18. The third kappa shape index (κ3) is 6.87. The van der Waals surface area contributed by atoms with E-state index in [2.05, 4.69) is 64.1 Å². The lowest BCUT2D eigenvalue weighted by Crippen LogP contribution is -2.21. The fraction of sp³-hybridized carbons (Fsp3) is 0.167. The number of anilines is 2. The van der Waals surface area contributed by atoms with Crippen LogP contribution in [0.5, 0.6) is 0 Å². The van der Waals surface area contributed by atoms with E-state index < -0.39 is 7.92 Å². The molecule has 4 aromatic rings. The van der Waals surface area contributed by atoms with Gasteiger partial charge in [0, 0.05) is 12.0 Å². The Morgan fingerprint density at radius 2 is 1.17 bits per heavy atom. The van der Waals surface area contributed by atoms with Gasteiger partial charge in [-0.3, -0.25) is 9.59 Å². The topological polar surface area (TPSA) is 71.1 Å². The number of nitrogens with zero attached hydrogens (tertiary/aromatic N) is 1. The molecule has 36 heavy (non-hydrogen) atoms. The molecule has 0 aliphatic rings. The van der Waals surface area contributed by atoms with Crippen LogP contribution in [0, 0.1) is 5.41 Å². The van der Waals surface area contributed by atoms with Gasteiger partial charge in [0.05, 0.1) is 0 Å². The smallest absolute Gasteiger partial charge is 0.256 e. The van der Waals surface area contributed by atoms with Gasteiger partial charge in [0.1, 0.15) is 11.6 Å². The minimum absolute atomic E-state index is 0.109. The van der Waals surface area contributed by atoms with Crippen molar-refractivity contribution in [2.45, 2.75) is 27.2 Å². The van der Waals surface area contributed by atoms with Gasteiger partial charge < -0.3 is 10.6 Å². The van der Waals surface area contributed by atoms with Crippen LogP contribution in [0.2, 0.25) is 0 Å². The molecule has 3 aromatic carbocycles. The van der Waals surface area contributed by atoms with E-state index in [9.17, 15) is 9.59 Å². The number of rotatable bonds is 7. The SMILES string of the molecule is CC(C)(C)CC(=O)Nc1cccc(NC(=O)c2ccc(P(c3ccccc3)c3ccccc3)cc2)n1. The maximum Gasteiger partial charge on any atom is 0.256 e. The largest absolute Gasteiger partial charge is 0.311 e. The van der Waals surface area contributed by atoms with E-state index in [0.29, 0.717) is 23.6 Å². The summed E-state index contributed by atoms with van der Waals surface area (Å²) in [6.45, 7) is 6.01. The Kier molecular flexibility index (Phi) is 7.92. The molecule has 0 radical (unpaired) electrons. The molecule has 2 amide bonds. The Morgan fingerprint density at radius 3 is 1.69 bits per heavy atom. The summed E-state index contributed by atoms with van der Waals surface area (Å²) in [5.41, 5.74) is 0.419. The number of hydrogen-bond donors (Lipinski definition) is 2. The number of carbonyl (C=O) groups is 2. The van der Waals surface area contributed by atoms with Gasteiger partial charge in [-0.1, -0.05) is 99.6 Å². The molecule has 4 rings (SSSR count). The van der Waals surface area contributed by atoms with Crippen LogP contribution < -0.4 is 26.5 Å². The van der Waals surface area contributed by atoms with Gasteiger partial charge in [-0.2, -0.15) is 0 Å². The van der Waals surface area contributed by atoms with Crippen LogP contribution in [0.25, 0.3) is 0 Å². The van der Waals surface area contributed by atoms with E-state index in [1.807, 2.05) is 57.2 Å². The fourth-order valence-electron chi connectivity index (χ4n) is 3.79. The zero-order valence-electron chi connectivity index (χ0n) is 20.7. The molecule has 1 aromatic heterocycles. The van der Waals surface area contributed by atoms with Gasteiger partial charge in [0.2, 0.25) is 5.91 Å². The predicted molar refractivity (Wildman–Crippen MR) is 150 cm³/mol. The number of aromatic nitrogens is 1. The van der Waals surface area contributed by atoms with Gasteiger partial charge in [-0.05, 0) is 53.5 Å². The summed E-state index contributed by atoms with van der Waals surface area (Å²) in [6, 6.07) is 33.8. The number of amides is 2. The maximum absolute atomic E-state index is 12.9. The first-order valence-corrected chi connectivity index (χ1v) is 13.2. The number of carbonyl (C=O) groups excluding carboxylic acids is 2. The third-order valence-corrected chi connectivity index (χ3v) is 7.81. The Hall–Kier alpha value is -3.82. The highest BCUT2D eigenvalue weighted by molar-refractivity contribution is 7.79. The minimum Gasteiger partial charge on any atom is -0.311 e. The minimum atomic E-state index is -0.733. The van der Waals surface area contributed by atoms with Gasteiger partial charge >= 0.3 is 0 Å². The van der Waals surface area contributed by atoms with E-state index in [4.69, 9.17) is 0 Å². The Balaban J connectivity index is 1.49. The number of hydrogen-bond acceptors (Lipinski definition) is 3. The van der Waals surface area contributed by atoms with Crippen molar-refractivity contribution in [3.8, 4) is 0 Å². The highest BCUT2D eigenvalue weighted by atomic mass is 31.1. The number of nitrogens with one attached hydrogen (secondary N) is 2. The van der Waals surface area contributed by atoms with Crippen LogP contribution in [0.3, 0.4) is 0 Å². The molecule has 0 fully saturated rings. The van der Waals surface area contributed by atoms with Crippen molar-refractivity contribution < 1.29 is 9.59 Å². The summed E-state index contributed by atoms with van der Waals surface area (Å²) < 4.78 is 0. The molecule has 5 nitrogen and oxygen atoms in total. The molecule has 0 saturated carbocycles. The van der Waals surface area contributed by atoms with Crippen LogP contribution in [0.1, 0.15) is 37.6 Å². The zero-order chi connectivity index (χ0) is 25.5. The lowest BCUT2D eigenvalue weighted by molar-refractivity contribution is -0.117. The van der Waals surface area contributed by atoms with Crippen molar-refractivity contribution in [3.63, 3.8) is 0 Å². The molecule has 6 heteroatoms. The van der Waals surface area contributed by atoms with Gasteiger partial charge in [0.25, 0.3) is 5.91 Å². The summed E-state index contributed by atoms with van der Waals surface area (Å²) in [5.74, 6) is 0.431. The molecule has 2 N–H and O–H groups in total. The second-order valence-corrected chi connectivity index (χ2v) is 11.9. The lowest BCUT2D eigenvalue weighted by Gasteiger charge is -2.19. The van der Waals surface area contributed by atoms with Crippen molar-refractivity contribution in [1.82, 2.24) is 4.98 Å². The average Bonchev–Trinajstić information content (AvgIpc) is 2.85. The second-order valence-electron chi connectivity index (χ2n) is 9.70. The maximum atomic E-state index is 12.9. The van der Waals surface area contributed by atoms with E-state index in [-0.39, 0.29) is 17.2 Å². The van der Waals surface area contributed by atoms with Crippen LogP contribution in [0.4, 0.5) is 11.6 Å². The molecule has 0 atom stereocenters. The van der Waals surface area contributed by atoms with Gasteiger partial charge in [0.15, 0.2) is 0 Å². The fourth-order valence-corrected chi connectivity index (χ4v) is 6.08. The molecular weight excluding hydrogens is 465 g/mol. The molecular formula is C30H30N3O2P.